The number of fused-ring (bicyclic) bond motifs is 1. The molecule has 24 heavy (non-hydrogen) atoms. The normalized spacial score (nSPS) is 10.9. The van der Waals surface area contributed by atoms with Gasteiger partial charge in [0.05, 0.1) is 6.20 Å². The lowest BCUT2D eigenvalue weighted by Crippen LogP contribution is -2.02. The third-order valence-electron chi connectivity index (χ3n) is 3.68. The Hall–Kier alpha value is -3.48. The van der Waals surface area contributed by atoms with Crippen molar-refractivity contribution in [1.29, 1.82) is 0 Å². The zero-order valence-corrected chi connectivity index (χ0v) is 13.0. The van der Waals surface area contributed by atoms with Gasteiger partial charge in [0.1, 0.15) is 5.69 Å². The topological polar surface area (TPSA) is 105 Å². The number of benzene rings is 1. The number of hydrogen-bond acceptors (Lipinski definition) is 6. The zero-order chi connectivity index (χ0) is 16.5. The molecule has 0 saturated carbocycles. The standard InChI is InChI=1S/C17H15N7/c1-10-6-14(24-23-10)21-15-9-20-16(17(18)22-15)12-2-3-13-8-19-5-4-11(13)7-12/h2-9H,1H3,(H4,18,21,22,23,24). The maximum absolute atomic E-state index is 6.10. The Balaban J connectivity index is 1.67. The Kier molecular flexibility index (Phi) is 3.31. The number of pyridine rings is 1. The number of H-pyrrole nitrogens is 1. The predicted molar refractivity (Wildman–Crippen MR) is 93.8 cm³/mol. The number of nitrogens with zero attached hydrogens (tertiary/aromatic N) is 4. The Bertz CT molecular complexity index is 1020. The van der Waals surface area contributed by atoms with E-state index in [1.165, 1.54) is 0 Å². The highest BCUT2D eigenvalue weighted by atomic mass is 15.2. The SMILES string of the molecule is Cc1cc(Nc2cnc(-c3ccc4cnccc4c3)c(N)n2)n[nH]1. The zero-order valence-electron chi connectivity index (χ0n) is 13.0. The fourth-order valence-corrected chi connectivity index (χ4v) is 2.53. The molecule has 0 saturated heterocycles. The smallest absolute Gasteiger partial charge is 0.153 e. The molecular formula is C17H15N7. The van der Waals surface area contributed by atoms with E-state index in [9.17, 15) is 0 Å². The summed E-state index contributed by atoms with van der Waals surface area (Å²) < 4.78 is 0. The highest BCUT2D eigenvalue weighted by Crippen LogP contribution is 2.27. The first-order valence-corrected chi connectivity index (χ1v) is 7.45. The highest BCUT2D eigenvalue weighted by Gasteiger charge is 2.09. The fourth-order valence-electron chi connectivity index (χ4n) is 2.53. The van der Waals surface area contributed by atoms with Crippen LogP contribution in [0.5, 0.6) is 0 Å². The van der Waals surface area contributed by atoms with Gasteiger partial charge in [-0.2, -0.15) is 5.10 Å². The molecule has 0 aliphatic rings. The summed E-state index contributed by atoms with van der Waals surface area (Å²) in [4.78, 5) is 12.9. The van der Waals surface area contributed by atoms with Crippen LogP contribution in [0.1, 0.15) is 5.69 Å². The second kappa shape index (κ2) is 5.62. The number of aromatic nitrogens is 5. The average Bonchev–Trinajstić information content (AvgIpc) is 2.99. The molecule has 4 aromatic rings. The summed E-state index contributed by atoms with van der Waals surface area (Å²) in [6.45, 7) is 1.93. The van der Waals surface area contributed by atoms with Crippen molar-refractivity contribution in [2.45, 2.75) is 6.92 Å². The van der Waals surface area contributed by atoms with Crippen molar-refractivity contribution < 1.29 is 0 Å². The van der Waals surface area contributed by atoms with E-state index >= 15 is 0 Å². The van der Waals surface area contributed by atoms with Gasteiger partial charge in [-0.15, -0.1) is 0 Å². The third-order valence-corrected chi connectivity index (χ3v) is 3.68. The van der Waals surface area contributed by atoms with Crippen LogP contribution in [0, 0.1) is 6.92 Å². The first-order valence-electron chi connectivity index (χ1n) is 7.45. The third kappa shape index (κ3) is 2.63. The number of aromatic amines is 1. The molecule has 7 heteroatoms. The number of aryl methyl sites for hydroxylation is 1. The van der Waals surface area contributed by atoms with Crippen molar-refractivity contribution in [2.75, 3.05) is 11.1 Å². The molecule has 7 nitrogen and oxygen atoms in total. The largest absolute Gasteiger partial charge is 0.382 e. The summed E-state index contributed by atoms with van der Waals surface area (Å²) >= 11 is 0. The summed E-state index contributed by atoms with van der Waals surface area (Å²) in [7, 11) is 0. The molecule has 4 rings (SSSR count). The van der Waals surface area contributed by atoms with Crippen molar-refractivity contribution in [2.24, 2.45) is 0 Å². The van der Waals surface area contributed by atoms with Gasteiger partial charge in [0.25, 0.3) is 0 Å². The summed E-state index contributed by atoms with van der Waals surface area (Å²) in [6, 6.07) is 9.83. The van der Waals surface area contributed by atoms with E-state index in [0.29, 0.717) is 23.1 Å². The van der Waals surface area contributed by atoms with Crippen LogP contribution in [0.2, 0.25) is 0 Å². The quantitative estimate of drug-likeness (QED) is 0.536. The Morgan fingerprint density at radius 1 is 1.04 bits per heavy atom. The molecule has 3 aromatic heterocycles. The number of nitrogens with one attached hydrogen (secondary N) is 2. The van der Waals surface area contributed by atoms with Gasteiger partial charge in [-0.05, 0) is 24.4 Å². The summed E-state index contributed by atoms with van der Waals surface area (Å²) in [5.41, 5.74) is 8.63. The van der Waals surface area contributed by atoms with Gasteiger partial charge in [-0.25, -0.2) is 9.97 Å². The van der Waals surface area contributed by atoms with E-state index in [-0.39, 0.29) is 0 Å². The lowest BCUT2D eigenvalue weighted by molar-refractivity contribution is 1.05. The van der Waals surface area contributed by atoms with E-state index in [4.69, 9.17) is 5.73 Å². The van der Waals surface area contributed by atoms with Gasteiger partial charge in [0.15, 0.2) is 17.5 Å². The van der Waals surface area contributed by atoms with Crippen LogP contribution in [0.25, 0.3) is 22.0 Å². The van der Waals surface area contributed by atoms with Crippen LogP contribution in [-0.2, 0) is 0 Å². The first kappa shape index (κ1) is 14.1. The van der Waals surface area contributed by atoms with Crippen LogP contribution in [0.15, 0.2) is 48.9 Å². The number of anilines is 3. The number of nitrogen functional groups attached to an aromatic ring is 1. The monoisotopic (exact) mass is 317 g/mol. The molecule has 1 aromatic carbocycles. The number of rotatable bonds is 3. The predicted octanol–water partition coefficient (Wildman–Crippen LogP) is 3.05. The molecule has 0 atom stereocenters. The van der Waals surface area contributed by atoms with Crippen molar-refractivity contribution in [3.05, 3.63) is 54.6 Å². The van der Waals surface area contributed by atoms with Crippen molar-refractivity contribution in [3.8, 4) is 11.3 Å². The number of hydrogen-bond donors (Lipinski definition) is 3. The maximum atomic E-state index is 6.10. The van der Waals surface area contributed by atoms with Gasteiger partial charge in [-0.1, -0.05) is 12.1 Å². The summed E-state index contributed by atoms with van der Waals surface area (Å²) in [5, 5.41) is 12.2. The van der Waals surface area contributed by atoms with Gasteiger partial charge >= 0.3 is 0 Å². The van der Waals surface area contributed by atoms with Gasteiger partial charge < -0.3 is 11.1 Å². The molecule has 0 bridgehead atoms. The van der Waals surface area contributed by atoms with E-state index in [1.54, 1.807) is 12.4 Å². The lowest BCUT2D eigenvalue weighted by Gasteiger charge is -2.08. The first-order chi connectivity index (χ1) is 11.7. The summed E-state index contributed by atoms with van der Waals surface area (Å²) in [6.07, 6.45) is 5.24. The molecule has 4 N–H and O–H groups in total. The van der Waals surface area contributed by atoms with Crippen LogP contribution in [0.3, 0.4) is 0 Å². The second-order valence-corrected chi connectivity index (χ2v) is 5.49. The van der Waals surface area contributed by atoms with Gasteiger partial charge in [0.2, 0.25) is 0 Å². The van der Waals surface area contributed by atoms with Crippen molar-refractivity contribution in [1.82, 2.24) is 25.1 Å². The molecule has 3 heterocycles. The summed E-state index contributed by atoms with van der Waals surface area (Å²) in [5.74, 6) is 1.58. The number of nitrogens with two attached hydrogens (primary N) is 1. The van der Waals surface area contributed by atoms with Crippen LogP contribution in [0.4, 0.5) is 17.5 Å². The molecule has 0 spiro atoms. The molecule has 0 unspecified atom stereocenters. The maximum Gasteiger partial charge on any atom is 0.153 e. The van der Waals surface area contributed by atoms with E-state index < -0.39 is 0 Å². The Morgan fingerprint density at radius 3 is 2.75 bits per heavy atom. The van der Waals surface area contributed by atoms with E-state index in [1.807, 2.05) is 43.5 Å². The van der Waals surface area contributed by atoms with Gasteiger partial charge in [0, 0.05) is 35.1 Å². The minimum absolute atomic E-state index is 0.362. The molecule has 0 aliphatic carbocycles. The Morgan fingerprint density at radius 2 is 1.96 bits per heavy atom. The lowest BCUT2D eigenvalue weighted by atomic mass is 10.1. The minimum atomic E-state index is 0.362. The van der Waals surface area contributed by atoms with Crippen LogP contribution in [-0.4, -0.2) is 25.1 Å². The van der Waals surface area contributed by atoms with Crippen LogP contribution >= 0.6 is 0 Å². The fraction of sp³-hybridized carbons (Fsp3) is 0.0588. The second-order valence-electron chi connectivity index (χ2n) is 5.49. The average molecular weight is 317 g/mol. The van der Waals surface area contributed by atoms with Crippen LogP contribution < -0.4 is 11.1 Å². The van der Waals surface area contributed by atoms with Gasteiger partial charge in [-0.3, -0.25) is 10.1 Å². The molecule has 0 aliphatic heterocycles. The van der Waals surface area contributed by atoms with E-state index in [0.717, 1.165) is 22.0 Å². The molecule has 0 fully saturated rings. The van der Waals surface area contributed by atoms with E-state index in [2.05, 4.69) is 30.5 Å². The highest BCUT2D eigenvalue weighted by molar-refractivity contribution is 5.87. The van der Waals surface area contributed by atoms with Crippen molar-refractivity contribution >= 4 is 28.2 Å². The molecule has 118 valence electrons. The molecule has 0 amide bonds. The molecular weight excluding hydrogens is 302 g/mol. The van der Waals surface area contributed by atoms with Crippen molar-refractivity contribution in [3.63, 3.8) is 0 Å². The molecule has 0 radical (unpaired) electrons. The minimum Gasteiger partial charge on any atom is -0.382 e. The Labute approximate surface area is 138 Å².